The topological polar surface area (TPSA) is 124 Å². The van der Waals surface area contributed by atoms with Crippen molar-refractivity contribution >= 4 is 38.3 Å². The molecular weight excluding hydrogens is 446 g/mol. The maximum Gasteiger partial charge on any atom is 0.242 e. The second-order valence-corrected chi connectivity index (χ2v) is 9.61. The fraction of sp³-hybridized carbons (Fsp3) is 0.409. The molecule has 0 aliphatic carbocycles. The summed E-state index contributed by atoms with van der Waals surface area (Å²) in [6.07, 6.45) is 0.736. The number of hydrogen-bond acceptors (Lipinski definition) is 7. The van der Waals surface area contributed by atoms with Crippen LogP contribution in [0.1, 0.15) is 30.2 Å². The lowest BCUT2D eigenvalue weighted by atomic mass is 10.00. The normalized spacial score (nSPS) is 11.5. The van der Waals surface area contributed by atoms with Crippen LogP contribution in [0.4, 0.5) is 11.4 Å². The van der Waals surface area contributed by atoms with E-state index in [2.05, 4.69) is 20.1 Å². The number of anilines is 2. The molecule has 0 spiro atoms. The summed E-state index contributed by atoms with van der Waals surface area (Å²) in [6.45, 7) is 5.44. The fourth-order valence-electron chi connectivity index (χ4n) is 3.66. The molecule has 0 saturated carbocycles. The summed E-state index contributed by atoms with van der Waals surface area (Å²) in [5.74, 6) is 0.582. The van der Waals surface area contributed by atoms with Crippen LogP contribution in [0.3, 0.4) is 0 Å². The summed E-state index contributed by atoms with van der Waals surface area (Å²) in [6, 6.07) is 4.76. The Kier molecular flexibility index (Phi) is 7.11. The minimum atomic E-state index is -3.45. The Morgan fingerprint density at radius 3 is 2.55 bits per heavy atom. The predicted molar refractivity (Wildman–Crippen MR) is 128 cm³/mol. The largest absolute Gasteiger partial charge is 0.494 e. The number of carbonyl (C=O) groups is 1. The Bertz CT molecular complexity index is 1300. The summed E-state index contributed by atoms with van der Waals surface area (Å²) in [5, 5.41) is 8.03. The number of fused-ring (bicyclic) bond motifs is 1. The highest BCUT2D eigenvalue weighted by atomic mass is 32.2. The molecule has 2 N–H and O–H groups in total. The number of pyridine rings is 1. The molecule has 1 amide bonds. The summed E-state index contributed by atoms with van der Waals surface area (Å²) in [7, 11) is 1.38. The van der Waals surface area contributed by atoms with Gasteiger partial charge in [-0.25, -0.2) is 18.1 Å². The molecule has 0 bridgehead atoms. The molecule has 2 aromatic heterocycles. The third kappa shape index (κ3) is 5.19. The first-order valence-electron chi connectivity index (χ1n) is 10.4. The molecule has 0 aliphatic heterocycles. The van der Waals surface area contributed by atoms with Crippen molar-refractivity contribution in [2.45, 2.75) is 33.6 Å². The van der Waals surface area contributed by atoms with Gasteiger partial charge in [0.2, 0.25) is 21.8 Å². The molecule has 0 saturated heterocycles. The van der Waals surface area contributed by atoms with Gasteiger partial charge in [-0.3, -0.25) is 9.52 Å². The smallest absolute Gasteiger partial charge is 0.242 e. The molecule has 10 nitrogen and oxygen atoms in total. The number of nitrogens with zero attached hydrogens (tertiary/aromatic N) is 3. The second kappa shape index (κ2) is 9.65. The molecule has 11 heteroatoms. The molecule has 3 aromatic rings. The van der Waals surface area contributed by atoms with Crippen LogP contribution in [0.25, 0.3) is 11.0 Å². The molecule has 0 aliphatic rings. The fourth-order valence-corrected chi connectivity index (χ4v) is 4.31. The van der Waals surface area contributed by atoms with Crippen LogP contribution in [0.5, 0.6) is 11.6 Å². The maximum absolute atomic E-state index is 12.6. The van der Waals surface area contributed by atoms with Gasteiger partial charge in [0.05, 0.1) is 31.0 Å². The van der Waals surface area contributed by atoms with Crippen molar-refractivity contribution in [1.82, 2.24) is 14.8 Å². The van der Waals surface area contributed by atoms with E-state index in [1.54, 1.807) is 36.9 Å². The Morgan fingerprint density at radius 2 is 1.91 bits per heavy atom. The highest BCUT2D eigenvalue weighted by Gasteiger charge is 2.19. The van der Waals surface area contributed by atoms with Crippen LogP contribution in [-0.4, -0.2) is 49.1 Å². The summed E-state index contributed by atoms with van der Waals surface area (Å²) >= 11 is 0. The second-order valence-electron chi connectivity index (χ2n) is 7.60. The number of benzene rings is 1. The first-order valence-corrected chi connectivity index (χ1v) is 12.1. The van der Waals surface area contributed by atoms with Crippen LogP contribution >= 0.6 is 0 Å². The first kappa shape index (κ1) is 24.3. The van der Waals surface area contributed by atoms with E-state index >= 15 is 0 Å². The van der Waals surface area contributed by atoms with Gasteiger partial charge in [-0.05, 0) is 50.5 Å². The zero-order valence-electron chi connectivity index (χ0n) is 19.6. The predicted octanol–water partition coefficient (Wildman–Crippen LogP) is 2.94. The number of nitrogens with one attached hydrogen (secondary N) is 2. The Hall–Kier alpha value is -3.34. The van der Waals surface area contributed by atoms with E-state index in [0.29, 0.717) is 29.4 Å². The highest BCUT2D eigenvalue weighted by molar-refractivity contribution is 7.92. The van der Waals surface area contributed by atoms with Gasteiger partial charge in [0.1, 0.15) is 5.75 Å². The van der Waals surface area contributed by atoms with Gasteiger partial charge in [0.25, 0.3) is 0 Å². The van der Waals surface area contributed by atoms with E-state index in [1.807, 2.05) is 20.9 Å². The number of sulfonamides is 1. The molecule has 1 aromatic carbocycles. The molecule has 0 atom stereocenters. The van der Waals surface area contributed by atoms with Gasteiger partial charge in [0, 0.05) is 30.9 Å². The van der Waals surface area contributed by atoms with E-state index in [4.69, 9.17) is 9.47 Å². The molecule has 2 heterocycles. The van der Waals surface area contributed by atoms with Crippen molar-refractivity contribution in [3.8, 4) is 11.6 Å². The average Bonchev–Trinajstić information content (AvgIpc) is 3.10. The number of ether oxygens (including phenoxy) is 2. The number of aromatic nitrogens is 3. The van der Waals surface area contributed by atoms with E-state index in [-0.39, 0.29) is 18.1 Å². The molecule has 0 unspecified atom stereocenters. The summed E-state index contributed by atoms with van der Waals surface area (Å²) < 4.78 is 38.5. The lowest BCUT2D eigenvalue weighted by Crippen LogP contribution is -2.16. The van der Waals surface area contributed by atoms with Crippen molar-refractivity contribution in [2.75, 3.05) is 30.0 Å². The highest BCUT2D eigenvalue weighted by Crippen LogP contribution is 2.31. The number of rotatable bonds is 9. The third-order valence-corrected chi connectivity index (χ3v) is 6.74. The van der Waals surface area contributed by atoms with Crippen molar-refractivity contribution in [3.05, 3.63) is 35.0 Å². The zero-order valence-corrected chi connectivity index (χ0v) is 20.5. The number of methoxy groups -OCH3 is 2. The molecular formula is C22H29N5O5S. The van der Waals surface area contributed by atoms with Crippen molar-refractivity contribution in [1.29, 1.82) is 0 Å². The number of aryl methyl sites for hydroxylation is 3. The minimum absolute atomic E-state index is 0.0565. The van der Waals surface area contributed by atoms with E-state index in [1.165, 1.54) is 7.11 Å². The van der Waals surface area contributed by atoms with Crippen LogP contribution in [-0.2, 0) is 28.3 Å². The minimum Gasteiger partial charge on any atom is -0.494 e. The van der Waals surface area contributed by atoms with Crippen LogP contribution in [0.15, 0.2) is 18.2 Å². The number of hydrogen-bond donors (Lipinski definition) is 2. The van der Waals surface area contributed by atoms with Gasteiger partial charge in [-0.1, -0.05) is 0 Å². The van der Waals surface area contributed by atoms with Crippen molar-refractivity contribution in [2.24, 2.45) is 7.05 Å². The first-order chi connectivity index (χ1) is 15.6. The van der Waals surface area contributed by atoms with Gasteiger partial charge >= 0.3 is 0 Å². The van der Waals surface area contributed by atoms with Crippen molar-refractivity contribution < 1.29 is 22.7 Å². The third-order valence-electron chi connectivity index (χ3n) is 5.45. The van der Waals surface area contributed by atoms with Crippen LogP contribution in [0, 0.1) is 13.8 Å². The monoisotopic (exact) mass is 475 g/mol. The summed E-state index contributed by atoms with van der Waals surface area (Å²) in [4.78, 5) is 17.3. The SMILES string of the molecule is CCS(=O)(=O)Nc1ccc(NC(=O)CCc2c(C)nc3c(c(OC)nn3C)c2C)cc1OC. The Balaban J connectivity index is 1.75. The van der Waals surface area contributed by atoms with E-state index < -0.39 is 10.0 Å². The van der Waals surface area contributed by atoms with E-state index in [0.717, 1.165) is 27.9 Å². The molecule has 0 radical (unpaired) electrons. The van der Waals surface area contributed by atoms with Gasteiger partial charge in [-0.15, -0.1) is 5.10 Å². The quantitative estimate of drug-likeness (QED) is 0.487. The van der Waals surface area contributed by atoms with E-state index in [9.17, 15) is 13.2 Å². The van der Waals surface area contributed by atoms with Gasteiger partial charge < -0.3 is 14.8 Å². The molecule has 33 heavy (non-hydrogen) atoms. The molecule has 178 valence electrons. The Labute approximate surface area is 193 Å². The number of carbonyl (C=O) groups excluding carboxylic acids is 1. The Morgan fingerprint density at radius 1 is 1.18 bits per heavy atom. The average molecular weight is 476 g/mol. The maximum atomic E-state index is 12.6. The lowest BCUT2D eigenvalue weighted by Gasteiger charge is -2.14. The zero-order chi connectivity index (χ0) is 24.3. The van der Waals surface area contributed by atoms with Gasteiger partial charge in [-0.2, -0.15) is 0 Å². The lowest BCUT2D eigenvalue weighted by molar-refractivity contribution is -0.116. The van der Waals surface area contributed by atoms with Gasteiger partial charge in [0.15, 0.2) is 5.65 Å². The number of amides is 1. The van der Waals surface area contributed by atoms with Crippen LogP contribution in [0.2, 0.25) is 0 Å². The standard InChI is InChI=1S/C22H29N5O5S/c1-7-33(29,30)26-17-10-8-15(12-18(17)31-5)24-19(28)11-9-16-13(2)20-21(23-14(16)3)27(4)25-22(20)32-6/h8,10,12,26H,7,9,11H2,1-6H3,(H,24,28). The van der Waals surface area contributed by atoms with Crippen molar-refractivity contribution in [3.63, 3.8) is 0 Å². The molecule has 3 rings (SSSR count). The molecule has 0 fully saturated rings. The van der Waals surface area contributed by atoms with Crippen LogP contribution < -0.4 is 19.5 Å². The summed E-state index contributed by atoms with van der Waals surface area (Å²) in [5.41, 5.74) is 4.37.